The summed E-state index contributed by atoms with van der Waals surface area (Å²) in [5.74, 6) is -0.264. The van der Waals surface area contributed by atoms with E-state index in [4.69, 9.17) is 11.6 Å². The lowest BCUT2D eigenvalue weighted by Gasteiger charge is -2.41. The summed E-state index contributed by atoms with van der Waals surface area (Å²) in [5.41, 5.74) is 4.17. The Labute approximate surface area is 198 Å². The maximum absolute atomic E-state index is 13.4. The summed E-state index contributed by atoms with van der Waals surface area (Å²) in [7, 11) is 0. The van der Waals surface area contributed by atoms with Crippen LogP contribution in [0.3, 0.4) is 0 Å². The molecule has 0 saturated heterocycles. The van der Waals surface area contributed by atoms with E-state index >= 15 is 0 Å². The number of rotatable bonds is 3. The van der Waals surface area contributed by atoms with E-state index in [1.54, 1.807) is 17.0 Å². The van der Waals surface area contributed by atoms with Crippen LogP contribution in [0.15, 0.2) is 102 Å². The first-order chi connectivity index (χ1) is 16.1. The molecule has 1 aliphatic carbocycles. The van der Waals surface area contributed by atoms with E-state index in [1.807, 2.05) is 72.8 Å². The predicted octanol–water partition coefficient (Wildman–Crippen LogP) is 6.90. The van der Waals surface area contributed by atoms with Crippen LogP contribution in [0.2, 0.25) is 5.02 Å². The van der Waals surface area contributed by atoms with Crippen LogP contribution in [0.1, 0.15) is 36.3 Å². The largest absolute Gasteiger partial charge is 0.507 e. The van der Waals surface area contributed by atoms with E-state index in [9.17, 15) is 15.3 Å². The van der Waals surface area contributed by atoms with Crippen molar-refractivity contribution < 1.29 is 9.90 Å². The summed E-state index contributed by atoms with van der Waals surface area (Å²) in [6, 6.07) is 26.2. The van der Waals surface area contributed by atoms with Gasteiger partial charge >= 0.3 is 0 Å². The maximum Gasteiger partial charge on any atom is 0.161 e. The quantitative estimate of drug-likeness (QED) is 0.423. The number of benzene rings is 3. The Morgan fingerprint density at radius 3 is 2.21 bits per heavy atom. The van der Waals surface area contributed by atoms with Crippen molar-refractivity contribution in [2.45, 2.75) is 25.2 Å². The smallest absolute Gasteiger partial charge is 0.161 e. The molecule has 33 heavy (non-hydrogen) atoms. The van der Waals surface area contributed by atoms with Crippen molar-refractivity contribution in [3.8, 4) is 0 Å². The molecule has 4 nitrogen and oxygen atoms in total. The standard InChI is InChI=1S/C28H23ClN2O2/c29-20-14-16-21(17-15-20)31-22-12-7-13-23(32)25(22)24(18-8-3-1-4-9-18)26(28(31)30)27(33)19-10-5-2-6-11-19/h1-6,8-11,14-17,24,30,33H,7,12-13H2/b27-26+,30-28?. The summed E-state index contributed by atoms with van der Waals surface area (Å²) in [6.45, 7) is 0. The number of carbonyl (C=O) groups is 1. The molecule has 0 aromatic heterocycles. The average Bonchev–Trinajstić information content (AvgIpc) is 2.85. The molecular weight excluding hydrogens is 432 g/mol. The predicted molar refractivity (Wildman–Crippen MR) is 133 cm³/mol. The first-order valence-corrected chi connectivity index (χ1v) is 11.4. The molecule has 1 atom stereocenters. The Morgan fingerprint density at radius 2 is 1.55 bits per heavy atom. The van der Waals surface area contributed by atoms with Gasteiger partial charge in [0.25, 0.3) is 0 Å². The molecule has 5 rings (SSSR count). The number of hydrogen-bond donors (Lipinski definition) is 2. The normalized spacial score (nSPS) is 20.0. The van der Waals surface area contributed by atoms with Crippen LogP contribution < -0.4 is 4.90 Å². The van der Waals surface area contributed by atoms with Crippen LogP contribution in [0.5, 0.6) is 0 Å². The zero-order valence-electron chi connectivity index (χ0n) is 18.0. The number of hydrogen-bond acceptors (Lipinski definition) is 3. The first kappa shape index (κ1) is 21.2. The van der Waals surface area contributed by atoms with Gasteiger partial charge in [-0.3, -0.25) is 15.1 Å². The summed E-state index contributed by atoms with van der Waals surface area (Å²) < 4.78 is 0. The molecule has 0 saturated carbocycles. The third-order valence-corrected chi connectivity index (χ3v) is 6.53. The van der Waals surface area contributed by atoms with Gasteiger partial charge in [-0.1, -0.05) is 72.3 Å². The Hall–Kier alpha value is -3.63. The lowest BCUT2D eigenvalue weighted by molar-refractivity contribution is -0.116. The van der Waals surface area contributed by atoms with Crippen molar-refractivity contribution in [3.63, 3.8) is 0 Å². The summed E-state index contributed by atoms with van der Waals surface area (Å²) in [4.78, 5) is 15.2. The van der Waals surface area contributed by atoms with Gasteiger partial charge in [0, 0.05) is 45.5 Å². The number of ketones is 1. The van der Waals surface area contributed by atoms with E-state index in [0.717, 1.165) is 23.4 Å². The second-order valence-electron chi connectivity index (χ2n) is 8.27. The van der Waals surface area contributed by atoms with Crippen molar-refractivity contribution >= 4 is 34.7 Å². The number of allylic oxidation sites excluding steroid dienone is 2. The number of Topliss-reactive ketones (excluding diaryl/α,β-unsaturated/α-hetero) is 1. The minimum Gasteiger partial charge on any atom is -0.507 e. The van der Waals surface area contributed by atoms with E-state index in [-0.39, 0.29) is 17.4 Å². The molecule has 0 amide bonds. The van der Waals surface area contributed by atoms with Crippen molar-refractivity contribution in [3.05, 3.63) is 118 Å². The highest BCUT2D eigenvalue weighted by Crippen LogP contribution is 2.47. The van der Waals surface area contributed by atoms with E-state index in [2.05, 4.69) is 0 Å². The van der Waals surface area contributed by atoms with Gasteiger partial charge in [0.15, 0.2) is 5.78 Å². The molecule has 3 aromatic carbocycles. The van der Waals surface area contributed by atoms with Gasteiger partial charge in [-0.25, -0.2) is 0 Å². The molecule has 2 aliphatic rings. The Kier molecular flexibility index (Phi) is 5.61. The number of anilines is 1. The number of nitrogens with one attached hydrogen (secondary N) is 1. The Bertz CT molecular complexity index is 1280. The highest BCUT2D eigenvalue weighted by Gasteiger charge is 2.43. The third-order valence-electron chi connectivity index (χ3n) is 6.27. The Morgan fingerprint density at radius 1 is 0.909 bits per heavy atom. The molecule has 1 unspecified atom stereocenters. The lowest BCUT2D eigenvalue weighted by Crippen LogP contribution is -2.42. The van der Waals surface area contributed by atoms with Crippen molar-refractivity contribution in [2.75, 3.05) is 4.90 Å². The molecule has 5 heteroatoms. The van der Waals surface area contributed by atoms with Crippen LogP contribution in [0.25, 0.3) is 5.76 Å². The second-order valence-corrected chi connectivity index (χ2v) is 8.71. The van der Waals surface area contributed by atoms with Crippen molar-refractivity contribution in [2.24, 2.45) is 0 Å². The van der Waals surface area contributed by atoms with Crippen LogP contribution >= 0.6 is 11.6 Å². The number of halogens is 1. The second kappa shape index (κ2) is 8.72. The monoisotopic (exact) mass is 454 g/mol. The highest BCUT2D eigenvalue weighted by atomic mass is 35.5. The van der Waals surface area contributed by atoms with Gasteiger partial charge < -0.3 is 5.11 Å². The fourth-order valence-corrected chi connectivity index (χ4v) is 4.92. The molecule has 3 aromatic rings. The fourth-order valence-electron chi connectivity index (χ4n) is 4.80. The summed E-state index contributed by atoms with van der Waals surface area (Å²) in [6.07, 6.45) is 1.89. The number of amidine groups is 1. The first-order valence-electron chi connectivity index (χ1n) is 11.0. The lowest BCUT2D eigenvalue weighted by atomic mass is 9.73. The maximum atomic E-state index is 13.4. The van der Waals surface area contributed by atoms with Crippen molar-refractivity contribution in [1.82, 2.24) is 0 Å². The molecule has 1 heterocycles. The summed E-state index contributed by atoms with van der Waals surface area (Å²) >= 11 is 6.12. The zero-order chi connectivity index (χ0) is 22.9. The van der Waals surface area contributed by atoms with Crippen LogP contribution in [-0.2, 0) is 4.79 Å². The molecule has 0 spiro atoms. The number of aliphatic hydroxyl groups excluding tert-OH is 1. The molecule has 0 bridgehead atoms. The van der Waals surface area contributed by atoms with Gasteiger partial charge in [-0.05, 0) is 42.7 Å². The van der Waals surface area contributed by atoms with Gasteiger partial charge in [-0.15, -0.1) is 0 Å². The van der Waals surface area contributed by atoms with Crippen LogP contribution in [0.4, 0.5) is 5.69 Å². The van der Waals surface area contributed by atoms with E-state index in [0.29, 0.717) is 34.6 Å². The number of nitrogens with zero attached hydrogens (tertiary/aromatic N) is 1. The fraction of sp³-hybridized carbons (Fsp3) is 0.143. The Balaban J connectivity index is 1.82. The topological polar surface area (TPSA) is 64.4 Å². The van der Waals surface area contributed by atoms with Gasteiger partial charge in [-0.2, -0.15) is 0 Å². The molecular formula is C28H23ClN2O2. The minimum atomic E-state index is -0.509. The number of aliphatic hydroxyl groups is 1. The molecule has 164 valence electrons. The molecule has 2 N–H and O–H groups in total. The van der Waals surface area contributed by atoms with Gasteiger partial charge in [0.1, 0.15) is 11.6 Å². The van der Waals surface area contributed by atoms with Crippen LogP contribution in [-0.4, -0.2) is 16.7 Å². The molecule has 1 aliphatic heterocycles. The van der Waals surface area contributed by atoms with E-state index in [1.165, 1.54) is 0 Å². The number of carbonyl (C=O) groups excluding carboxylic acids is 1. The minimum absolute atomic E-state index is 0.0124. The van der Waals surface area contributed by atoms with Gasteiger partial charge in [0.05, 0.1) is 0 Å². The SMILES string of the molecule is N=C1/C(=C(/O)c2ccccc2)C(c2ccccc2)C2=C(CCCC2=O)N1c1ccc(Cl)cc1. The van der Waals surface area contributed by atoms with Gasteiger partial charge in [0.2, 0.25) is 0 Å². The molecule has 0 fully saturated rings. The summed E-state index contributed by atoms with van der Waals surface area (Å²) in [5, 5.41) is 21.4. The van der Waals surface area contributed by atoms with Crippen LogP contribution in [0, 0.1) is 5.41 Å². The van der Waals surface area contributed by atoms with Crippen molar-refractivity contribution in [1.29, 1.82) is 5.41 Å². The zero-order valence-corrected chi connectivity index (χ0v) is 18.7. The van der Waals surface area contributed by atoms with E-state index < -0.39 is 5.92 Å². The third kappa shape index (κ3) is 3.77. The average molecular weight is 455 g/mol. The highest BCUT2D eigenvalue weighted by molar-refractivity contribution is 6.30. The molecule has 0 radical (unpaired) electrons.